The number of quaternary nitrogens is 1. The molecule has 1 unspecified atom stereocenters. The van der Waals surface area contributed by atoms with Crippen molar-refractivity contribution < 1.29 is 28.9 Å². The van der Waals surface area contributed by atoms with Crippen LogP contribution in [0.4, 0.5) is 4.79 Å². The first-order valence-corrected chi connectivity index (χ1v) is 12.1. The fourth-order valence-corrected chi connectivity index (χ4v) is 5.97. The van der Waals surface area contributed by atoms with Crippen LogP contribution >= 0.6 is 0 Å². The van der Waals surface area contributed by atoms with Crippen molar-refractivity contribution in [1.82, 2.24) is 10.4 Å². The highest BCUT2D eigenvalue weighted by atomic mass is 16.5. The van der Waals surface area contributed by atoms with Gasteiger partial charge in [-0.1, -0.05) is 44.9 Å². The monoisotopic (exact) mass is 436 g/mol. The Morgan fingerprint density at radius 3 is 2.26 bits per heavy atom. The van der Waals surface area contributed by atoms with E-state index in [0.717, 1.165) is 70.6 Å². The topological polar surface area (TPSA) is 104 Å². The van der Waals surface area contributed by atoms with E-state index >= 15 is 0 Å². The zero-order valence-electron chi connectivity index (χ0n) is 18.8. The largest absolute Gasteiger partial charge is 0.430 e. The molecular formula is C23H38N3O5+. The molecule has 3 rings (SSSR count). The van der Waals surface area contributed by atoms with E-state index in [4.69, 9.17) is 0 Å². The maximum absolute atomic E-state index is 13.9. The number of hydroxylamine groups is 2. The van der Waals surface area contributed by atoms with E-state index in [-0.39, 0.29) is 30.3 Å². The summed E-state index contributed by atoms with van der Waals surface area (Å²) in [5, 5.41) is 13.0. The van der Waals surface area contributed by atoms with Crippen LogP contribution in [0.25, 0.3) is 0 Å². The van der Waals surface area contributed by atoms with Crippen molar-refractivity contribution in [2.75, 3.05) is 13.1 Å². The van der Waals surface area contributed by atoms with Crippen LogP contribution in [0.3, 0.4) is 0 Å². The quantitative estimate of drug-likeness (QED) is 0.276. The first-order valence-electron chi connectivity index (χ1n) is 12.1. The minimum atomic E-state index is -0.630. The summed E-state index contributed by atoms with van der Waals surface area (Å²) >= 11 is 0. The lowest BCUT2D eigenvalue weighted by atomic mass is 9.88. The third kappa shape index (κ3) is 5.34. The number of amides is 5. The van der Waals surface area contributed by atoms with E-state index in [1.165, 1.54) is 0 Å². The Labute approximate surface area is 184 Å². The molecule has 2 N–H and O–H groups in total. The molecule has 0 bridgehead atoms. The van der Waals surface area contributed by atoms with Crippen molar-refractivity contribution in [3.8, 4) is 0 Å². The van der Waals surface area contributed by atoms with Gasteiger partial charge in [-0.25, -0.2) is 20.0 Å². The summed E-state index contributed by atoms with van der Waals surface area (Å²) in [6, 6.07) is -0.765. The number of rotatable bonds is 7. The van der Waals surface area contributed by atoms with Crippen molar-refractivity contribution in [1.29, 1.82) is 0 Å². The Hall–Kier alpha value is -1.80. The molecule has 0 radical (unpaired) electrons. The molecule has 0 spiro atoms. The Morgan fingerprint density at radius 1 is 1.03 bits per heavy atom. The molecule has 1 saturated heterocycles. The minimum absolute atomic E-state index is 0.116. The molecule has 0 aromatic rings. The third-order valence-corrected chi connectivity index (χ3v) is 7.82. The van der Waals surface area contributed by atoms with Crippen LogP contribution in [0.2, 0.25) is 0 Å². The number of hydrogen-bond donors (Lipinski definition) is 2. The molecular weight excluding hydrogens is 398 g/mol. The molecule has 8 heteroatoms. The van der Waals surface area contributed by atoms with E-state index in [1.54, 1.807) is 0 Å². The van der Waals surface area contributed by atoms with Crippen LogP contribution in [0, 0.1) is 17.8 Å². The molecule has 3 aliphatic rings. The number of carbonyl (C=O) groups is 4. The van der Waals surface area contributed by atoms with Crippen molar-refractivity contribution in [2.45, 2.75) is 90.0 Å². The Bertz CT molecular complexity index is 672. The second-order valence-electron chi connectivity index (χ2n) is 9.86. The van der Waals surface area contributed by atoms with Gasteiger partial charge in [-0.15, -0.1) is 0 Å². The van der Waals surface area contributed by atoms with Gasteiger partial charge in [-0.3, -0.25) is 14.8 Å². The molecule has 1 heterocycles. The zero-order chi connectivity index (χ0) is 22.4. The second kappa shape index (κ2) is 10.7. The van der Waals surface area contributed by atoms with Crippen molar-refractivity contribution in [3.63, 3.8) is 0 Å². The van der Waals surface area contributed by atoms with E-state index in [0.29, 0.717) is 30.4 Å². The summed E-state index contributed by atoms with van der Waals surface area (Å²) in [7, 11) is 0. The summed E-state index contributed by atoms with van der Waals surface area (Å²) in [5.41, 5.74) is 0. The second-order valence-corrected chi connectivity index (χ2v) is 9.86. The number of nitrogens with zero attached hydrogens (tertiary/aromatic N) is 2. The molecule has 31 heavy (non-hydrogen) atoms. The van der Waals surface area contributed by atoms with Crippen molar-refractivity contribution >= 4 is 24.3 Å². The van der Waals surface area contributed by atoms with Crippen LogP contribution in [0.5, 0.6) is 0 Å². The molecule has 0 aromatic heterocycles. The SMILES string of the molecule is C[C@@H]1CCC[N+]1(C(=O)NC(=O)C1CCCCC1)C(=O)[C@H](CC1CCCC1)CN(O)C=O. The van der Waals surface area contributed by atoms with Gasteiger partial charge in [0.25, 0.3) is 0 Å². The summed E-state index contributed by atoms with van der Waals surface area (Å²) in [5.74, 6) is -0.971. The number of urea groups is 1. The molecule has 3 atom stereocenters. The van der Waals surface area contributed by atoms with Crippen molar-refractivity contribution in [2.24, 2.45) is 17.8 Å². The number of nitrogens with one attached hydrogen (secondary N) is 1. The summed E-state index contributed by atoms with van der Waals surface area (Å²) in [4.78, 5) is 51.1. The maximum Gasteiger partial charge on any atom is 0.430 e. The third-order valence-electron chi connectivity index (χ3n) is 7.82. The van der Waals surface area contributed by atoms with E-state index < -0.39 is 16.4 Å². The number of hydrogen-bond acceptors (Lipinski definition) is 5. The maximum atomic E-state index is 13.9. The highest BCUT2D eigenvalue weighted by Crippen LogP contribution is 2.36. The average Bonchev–Trinajstić information content (AvgIpc) is 3.43. The van der Waals surface area contributed by atoms with Crippen LogP contribution < -0.4 is 5.32 Å². The van der Waals surface area contributed by atoms with Crippen LogP contribution in [-0.2, 0) is 14.4 Å². The smallest absolute Gasteiger partial charge is 0.286 e. The van der Waals surface area contributed by atoms with Gasteiger partial charge in [-0.2, -0.15) is 4.48 Å². The van der Waals surface area contributed by atoms with Gasteiger partial charge in [0.1, 0.15) is 6.04 Å². The van der Waals surface area contributed by atoms with Gasteiger partial charge >= 0.3 is 11.9 Å². The van der Waals surface area contributed by atoms with Gasteiger partial charge in [0.15, 0.2) is 0 Å². The highest BCUT2D eigenvalue weighted by Gasteiger charge is 2.55. The molecule has 3 fully saturated rings. The lowest BCUT2D eigenvalue weighted by Gasteiger charge is -2.36. The molecule has 2 aliphatic carbocycles. The van der Waals surface area contributed by atoms with Crippen molar-refractivity contribution in [3.05, 3.63) is 0 Å². The molecule has 2 saturated carbocycles. The first kappa shape index (κ1) is 23.9. The summed E-state index contributed by atoms with van der Waals surface area (Å²) < 4.78 is -0.400. The minimum Gasteiger partial charge on any atom is -0.286 e. The lowest BCUT2D eigenvalue weighted by Crippen LogP contribution is -2.66. The van der Waals surface area contributed by atoms with Gasteiger partial charge in [-0.05, 0) is 32.1 Å². The normalized spacial score (nSPS) is 28.3. The standard InChI is InChI=1S/C23H37N3O5/c1-17-8-7-13-26(17,23(30)24-21(28)19-11-3-2-4-12-19)22(29)20(15-25(31)16-27)14-18-9-5-6-10-18/h16-20,31H,2-15H2,1H3/p+1/t17-,20-,26?/m1/s1. The Morgan fingerprint density at radius 2 is 1.68 bits per heavy atom. The summed E-state index contributed by atoms with van der Waals surface area (Å²) in [6.45, 7) is 2.13. The summed E-state index contributed by atoms with van der Waals surface area (Å²) in [6.07, 6.45) is 11.3. The number of imide groups is 2. The molecule has 0 aromatic carbocycles. The number of carbonyl (C=O) groups excluding carboxylic acids is 4. The average molecular weight is 437 g/mol. The molecule has 5 amide bonds. The van der Waals surface area contributed by atoms with E-state index in [2.05, 4.69) is 5.32 Å². The molecule has 1 aliphatic heterocycles. The van der Waals surface area contributed by atoms with Gasteiger partial charge in [0, 0.05) is 18.8 Å². The lowest BCUT2D eigenvalue weighted by molar-refractivity contribution is -0.786. The molecule has 8 nitrogen and oxygen atoms in total. The van der Waals surface area contributed by atoms with Crippen LogP contribution in [-0.4, -0.2) is 58.1 Å². The van der Waals surface area contributed by atoms with Gasteiger partial charge in [0.2, 0.25) is 12.3 Å². The Balaban J connectivity index is 1.80. The van der Waals surface area contributed by atoms with Gasteiger partial charge in [0.05, 0.1) is 19.0 Å². The zero-order valence-corrected chi connectivity index (χ0v) is 18.8. The van der Waals surface area contributed by atoms with Gasteiger partial charge < -0.3 is 0 Å². The highest BCUT2D eigenvalue weighted by molar-refractivity contribution is 5.97. The van der Waals surface area contributed by atoms with E-state index in [9.17, 15) is 24.4 Å². The van der Waals surface area contributed by atoms with Crippen LogP contribution in [0.1, 0.15) is 84.0 Å². The van der Waals surface area contributed by atoms with Crippen LogP contribution in [0.15, 0.2) is 0 Å². The Kier molecular flexibility index (Phi) is 8.22. The molecule has 174 valence electrons. The predicted octanol–water partition coefficient (Wildman–Crippen LogP) is 3.37. The van der Waals surface area contributed by atoms with E-state index in [1.807, 2.05) is 6.92 Å². The fraction of sp³-hybridized carbons (Fsp3) is 0.826. The first-order chi connectivity index (χ1) is 14.9. The predicted molar refractivity (Wildman–Crippen MR) is 114 cm³/mol. The number of likely N-dealkylation sites (tertiary alicyclic amines) is 1. The fourth-order valence-electron chi connectivity index (χ4n) is 5.97.